The number of carbonyl (C=O) groups is 3. The minimum atomic E-state index is -5.02. The Kier molecular flexibility index (Phi) is 8.38. The lowest BCUT2D eigenvalue weighted by Gasteiger charge is -2.35. The second kappa shape index (κ2) is 11.4. The van der Waals surface area contributed by atoms with E-state index < -0.39 is 53.4 Å². The predicted molar refractivity (Wildman–Crippen MR) is 133 cm³/mol. The number of rotatable bonds is 3. The Labute approximate surface area is 236 Å². The van der Waals surface area contributed by atoms with Gasteiger partial charge in [-0.25, -0.2) is 9.59 Å². The smallest absolute Gasteiger partial charge is 0.416 e. The summed E-state index contributed by atoms with van der Waals surface area (Å²) in [6.45, 7) is 5.81. The van der Waals surface area contributed by atoms with Gasteiger partial charge in [0.1, 0.15) is 12.2 Å². The summed E-state index contributed by atoms with van der Waals surface area (Å²) in [5.41, 5.74) is -3.49. The van der Waals surface area contributed by atoms with Crippen LogP contribution in [0.5, 0.6) is 0 Å². The van der Waals surface area contributed by atoms with Crippen LogP contribution in [0.3, 0.4) is 0 Å². The number of nitrogens with zero attached hydrogens (tertiary/aromatic N) is 5. The van der Waals surface area contributed by atoms with Crippen LogP contribution in [-0.4, -0.2) is 80.9 Å². The number of fused-ring (bicyclic) bond motifs is 1. The molecule has 3 heterocycles. The van der Waals surface area contributed by atoms with Crippen LogP contribution >= 0.6 is 0 Å². The van der Waals surface area contributed by atoms with Gasteiger partial charge in [-0.2, -0.15) is 31.4 Å². The predicted octanol–water partition coefficient (Wildman–Crippen LogP) is 4.77. The highest BCUT2D eigenvalue weighted by Crippen LogP contribution is 2.36. The number of halogens is 6. The van der Waals surface area contributed by atoms with E-state index in [0.717, 1.165) is 0 Å². The molecule has 230 valence electrons. The normalized spacial score (nSPS) is 16.3. The van der Waals surface area contributed by atoms with Crippen LogP contribution in [0, 0.1) is 0 Å². The first-order chi connectivity index (χ1) is 19.4. The van der Waals surface area contributed by atoms with Gasteiger partial charge in [-0.05, 0) is 50.6 Å². The van der Waals surface area contributed by atoms with Gasteiger partial charge in [0.2, 0.25) is 0 Å². The number of alkyl halides is 6. The molecule has 1 aromatic carbocycles. The van der Waals surface area contributed by atoms with Gasteiger partial charge < -0.3 is 24.2 Å². The Balaban J connectivity index is 1.35. The van der Waals surface area contributed by atoms with Crippen LogP contribution in [-0.2, 0) is 41.5 Å². The zero-order chi connectivity index (χ0) is 31.0. The van der Waals surface area contributed by atoms with E-state index in [1.807, 2.05) is 0 Å². The second-order valence-electron chi connectivity index (χ2n) is 10.9. The van der Waals surface area contributed by atoms with E-state index in [-0.39, 0.29) is 63.5 Å². The molecule has 4 rings (SSSR count). The van der Waals surface area contributed by atoms with Crippen molar-refractivity contribution < 1.29 is 50.2 Å². The van der Waals surface area contributed by atoms with Crippen molar-refractivity contribution in [3.05, 3.63) is 52.3 Å². The fourth-order valence-electron chi connectivity index (χ4n) is 4.45. The monoisotopic (exact) mass is 605 g/mol. The molecule has 0 radical (unpaired) electrons. The number of aromatic nitrogens is 2. The average molecular weight is 606 g/mol. The van der Waals surface area contributed by atoms with Crippen LogP contribution in [0.15, 0.2) is 24.3 Å². The molecule has 16 heteroatoms. The molecule has 1 fully saturated rings. The number of carbonyl (C=O) groups excluding carboxylic acids is 3. The van der Waals surface area contributed by atoms with E-state index in [2.05, 4.69) is 5.10 Å². The Morgan fingerprint density at radius 2 is 1.31 bits per heavy atom. The standard InChI is InChI=1S/C26H29F6N5O5/c1-24(2,3)42-23(40)35-6-4-34(5-7-35)21(38)20-13-19-14-36(8-9-37(19)33-20)22(39)41-15-16-10-17(25(27,28)29)12-18(11-16)26(30,31)32/h10-13H,4-9,14-15H2,1-3H3. The number of hydrogen-bond acceptors (Lipinski definition) is 6. The summed E-state index contributed by atoms with van der Waals surface area (Å²) in [6.07, 6.45) is -11.5. The van der Waals surface area contributed by atoms with Gasteiger partial charge in [-0.3, -0.25) is 9.48 Å². The maximum absolute atomic E-state index is 13.1. The molecule has 42 heavy (non-hydrogen) atoms. The summed E-state index contributed by atoms with van der Waals surface area (Å²) in [5, 5.41) is 4.31. The van der Waals surface area contributed by atoms with Gasteiger partial charge in [0.05, 0.1) is 29.9 Å². The first-order valence-electron chi connectivity index (χ1n) is 12.9. The van der Waals surface area contributed by atoms with E-state index in [1.165, 1.54) is 20.5 Å². The lowest BCUT2D eigenvalue weighted by Crippen LogP contribution is -2.51. The third-order valence-corrected chi connectivity index (χ3v) is 6.50. The molecule has 2 aliphatic heterocycles. The van der Waals surface area contributed by atoms with E-state index in [9.17, 15) is 40.7 Å². The van der Waals surface area contributed by atoms with Gasteiger partial charge in [-0.15, -0.1) is 0 Å². The number of benzene rings is 1. The maximum atomic E-state index is 13.1. The van der Waals surface area contributed by atoms with Crippen LogP contribution in [0.2, 0.25) is 0 Å². The molecule has 0 unspecified atom stereocenters. The molecule has 2 aliphatic rings. The fourth-order valence-corrected chi connectivity index (χ4v) is 4.45. The molecular weight excluding hydrogens is 576 g/mol. The van der Waals surface area contributed by atoms with Crippen molar-refractivity contribution in [2.24, 2.45) is 0 Å². The number of ether oxygens (including phenoxy) is 2. The van der Waals surface area contributed by atoms with Crippen molar-refractivity contribution in [3.63, 3.8) is 0 Å². The van der Waals surface area contributed by atoms with E-state index in [4.69, 9.17) is 9.47 Å². The van der Waals surface area contributed by atoms with Gasteiger partial charge in [0.15, 0.2) is 5.69 Å². The van der Waals surface area contributed by atoms with Gasteiger partial charge in [0.25, 0.3) is 5.91 Å². The van der Waals surface area contributed by atoms with Crippen molar-refractivity contribution in [3.8, 4) is 0 Å². The molecule has 0 atom stereocenters. The van der Waals surface area contributed by atoms with Gasteiger partial charge in [-0.1, -0.05) is 0 Å². The van der Waals surface area contributed by atoms with E-state index >= 15 is 0 Å². The van der Waals surface area contributed by atoms with Crippen molar-refractivity contribution >= 4 is 18.1 Å². The third-order valence-electron chi connectivity index (χ3n) is 6.50. The quantitative estimate of drug-likeness (QED) is 0.468. The number of hydrogen-bond donors (Lipinski definition) is 0. The molecule has 1 aromatic heterocycles. The summed E-state index contributed by atoms with van der Waals surface area (Å²) in [7, 11) is 0. The molecule has 0 spiro atoms. The summed E-state index contributed by atoms with van der Waals surface area (Å²) < 4.78 is 90.6. The molecule has 0 aliphatic carbocycles. The van der Waals surface area contributed by atoms with Crippen LogP contribution < -0.4 is 0 Å². The molecule has 0 N–H and O–H groups in total. The molecule has 3 amide bonds. The SMILES string of the molecule is CC(C)(C)OC(=O)N1CCN(C(=O)c2cc3n(n2)CCN(C(=O)OCc2cc(C(F)(F)F)cc(C(F)(F)F)c2)C3)CC1. The minimum absolute atomic E-state index is 0.00306. The van der Waals surface area contributed by atoms with Crippen molar-refractivity contribution in [2.75, 3.05) is 32.7 Å². The van der Waals surface area contributed by atoms with Crippen molar-refractivity contribution in [1.82, 2.24) is 24.5 Å². The van der Waals surface area contributed by atoms with Gasteiger partial charge >= 0.3 is 24.5 Å². The topological polar surface area (TPSA) is 97.2 Å². The van der Waals surface area contributed by atoms with Crippen molar-refractivity contribution in [1.29, 1.82) is 0 Å². The fraction of sp³-hybridized carbons (Fsp3) is 0.538. The highest BCUT2D eigenvalue weighted by Gasteiger charge is 2.37. The molecule has 10 nitrogen and oxygen atoms in total. The minimum Gasteiger partial charge on any atom is -0.445 e. The van der Waals surface area contributed by atoms with Gasteiger partial charge in [0, 0.05) is 32.7 Å². The Morgan fingerprint density at radius 1 is 0.762 bits per heavy atom. The molecule has 1 saturated heterocycles. The van der Waals surface area contributed by atoms with Crippen LogP contribution in [0.4, 0.5) is 35.9 Å². The van der Waals surface area contributed by atoms with Crippen molar-refractivity contribution in [2.45, 2.75) is 58.4 Å². The van der Waals surface area contributed by atoms with E-state index in [1.54, 1.807) is 25.7 Å². The molecule has 0 bridgehead atoms. The zero-order valence-electron chi connectivity index (χ0n) is 23.0. The maximum Gasteiger partial charge on any atom is 0.416 e. The molecule has 0 saturated carbocycles. The Bertz CT molecular complexity index is 1310. The van der Waals surface area contributed by atoms with E-state index in [0.29, 0.717) is 17.8 Å². The summed E-state index contributed by atoms with van der Waals surface area (Å²) in [5.74, 6) is -0.361. The number of piperazine rings is 1. The highest BCUT2D eigenvalue weighted by atomic mass is 19.4. The lowest BCUT2D eigenvalue weighted by atomic mass is 10.1. The van der Waals surface area contributed by atoms with Crippen LogP contribution in [0.1, 0.15) is 53.6 Å². The first-order valence-corrected chi connectivity index (χ1v) is 12.9. The first kappa shape index (κ1) is 31.0. The Morgan fingerprint density at radius 3 is 1.86 bits per heavy atom. The zero-order valence-corrected chi connectivity index (χ0v) is 23.0. The lowest BCUT2D eigenvalue weighted by molar-refractivity contribution is -0.143. The third kappa shape index (κ3) is 7.45. The number of amides is 3. The summed E-state index contributed by atoms with van der Waals surface area (Å²) in [4.78, 5) is 42.2. The summed E-state index contributed by atoms with van der Waals surface area (Å²) in [6, 6.07) is 2.50. The second-order valence-corrected chi connectivity index (χ2v) is 10.9. The molecular formula is C26H29F6N5O5. The summed E-state index contributed by atoms with van der Waals surface area (Å²) >= 11 is 0. The Hall–Kier alpha value is -3.98. The average Bonchev–Trinajstić information content (AvgIpc) is 3.33. The van der Waals surface area contributed by atoms with Crippen LogP contribution in [0.25, 0.3) is 0 Å². The largest absolute Gasteiger partial charge is 0.445 e. The highest BCUT2D eigenvalue weighted by molar-refractivity contribution is 5.92. The molecule has 2 aromatic rings.